The highest BCUT2D eigenvalue weighted by atomic mass is 19.4. The summed E-state index contributed by atoms with van der Waals surface area (Å²) in [6.45, 7) is 0.927. The van der Waals surface area contributed by atoms with Crippen molar-refractivity contribution in [2.45, 2.75) is 25.8 Å². The smallest absolute Gasteiger partial charge is 0.425 e. The van der Waals surface area contributed by atoms with Crippen molar-refractivity contribution in [3.8, 4) is 5.88 Å². The van der Waals surface area contributed by atoms with Crippen LogP contribution in [-0.2, 0) is 11.3 Å². The Kier molecular flexibility index (Phi) is 4.11. The fourth-order valence-corrected chi connectivity index (χ4v) is 0.994. The van der Waals surface area contributed by atoms with Gasteiger partial charge in [-0.1, -0.05) is 0 Å². The highest BCUT2D eigenvalue weighted by Gasteiger charge is 2.38. The van der Waals surface area contributed by atoms with Gasteiger partial charge in [-0.15, -0.1) is 0 Å². The zero-order valence-electron chi connectivity index (χ0n) is 9.28. The number of anilines is 1. The fourth-order valence-electron chi connectivity index (χ4n) is 0.994. The average molecular weight is 251 g/mol. The molecule has 1 unspecified atom stereocenters. The van der Waals surface area contributed by atoms with Crippen LogP contribution in [0.15, 0.2) is 6.07 Å². The second kappa shape index (κ2) is 5.17. The van der Waals surface area contributed by atoms with Crippen molar-refractivity contribution in [3.63, 3.8) is 0 Å². The first kappa shape index (κ1) is 13.5. The van der Waals surface area contributed by atoms with Crippen LogP contribution >= 0.6 is 0 Å². The lowest BCUT2D eigenvalue weighted by Crippen LogP contribution is -2.31. The van der Waals surface area contributed by atoms with E-state index in [2.05, 4.69) is 14.7 Å². The Balaban J connectivity index is 2.84. The first-order valence-electron chi connectivity index (χ1n) is 4.68. The van der Waals surface area contributed by atoms with Gasteiger partial charge in [0.05, 0.1) is 0 Å². The molecule has 0 fully saturated rings. The largest absolute Gasteiger partial charge is 0.465 e. The Morgan fingerprint density at radius 3 is 2.59 bits per heavy atom. The molecule has 0 saturated carbocycles. The van der Waals surface area contributed by atoms with Crippen molar-refractivity contribution in [1.82, 2.24) is 9.97 Å². The Hall–Kier alpha value is -1.57. The minimum atomic E-state index is -4.46. The average Bonchev–Trinajstić information content (AvgIpc) is 2.15. The van der Waals surface area contributed by atoms with Gasteiger partial charge in [0.25, 0.3) is 0 Å². The summed E-state index contributed by atoms with van der Waals surface area (Å²) in [4.78, 5) is 7.51. The number of halogens is 3. The van der Waals surface area contributed by atoms with Gasteiger partial charge in [0.15, 0.2) is 11.9 Å². The van der Waals surface area contributed by atoms with Crippen molar-refractivity contribution < 1.29 is 22.6 Å². The molecule has 0 aromatic carbocycles. The number of nitrogens with zero attached hydrogens (tertiary/aromatic N) is 2. The Morgan fingerprint density at radius 1 is 1.41 bits per heavy atom. The van der Waals surface area contributed by atoms with Crippen molar-refractivity contribution in [2.24, 2.45) is 0 Å². The van der Waals surface area contributed by atoms with E-state index >= 15 is 0 Å². The molecule has 1 rings (SSSR count). The summed E-state index contributed by atoms with van der Waals surface area (Å²) in [5.74, 6) is -0.0392. The van der Waals surface area contributed by atoms with Crippen LogP contribution < -0.4 is 10.5 Å². The van der Waals surface area contributed by atoms with E-state index in [1.54, 1.807) is 0 Å². The summed E-state index contributed by atoms with van der Waals surface area (Å²) in [6, 6.07) is 1.13. The molecule has 0 aliphatic carbocycles. The molecule has 0 saturated heterocycles. The molecule has 5 nitrogen and oxygen atoms in total. The Bertz CT molecular complexity index is 384. The van der Waals surface area contributed by atoms with Crippen molar-refractivity contribution >= 4 is 5.82 Å². The topological polar surface area (TPSA) is 70.3 Å². The normalized spacial score (nSPS) is 13.5. The van der Waals surface area contributed by atoms with Gasteiger partial charge in [0, 0.05) is 13.2 Å². The maximum absolute atomic E-state index is 12.3. The summed E-state index contributed by atoms with van der Waals surface area (Å²) in [6.07, 6.45) is -6.42. The molecule has 8 heteroatoms. The van der Waals surface area contributed by atoms with E-state index in [1.807, 2.05) is 0 Å². The molecule has 0 spiro atoms. The molecule has 1 heterocycles. The molecule has 0 aliphatic rings. The van der Waals surface area contributed by atoms with Gasteiger partial charge in [-0.3, -0.25) is 0 Å². The van der Waals surface area contributed by atoms with Gasteiger partial charge in [-0.05, 0) is 6.92 Å². The third-order valence-corrected chi connectivity index (χ3v) is 1.80. The van der Waals surface area contributed by atoms with E-state index in [0.717, 1.165) is 13.0 Å². The maximum Gasteiger partial charge on any atom is 0.425 e. The molecule has 0 radical (unpaired) electrons. The zero-order chi connectivity index (χ0) is 13.1. The Morgan fingerprint density at radius 2 is 2.06 bits per heavy atom. The second-order valence-corrected chi connectivity index (χ2v) is 3.28. The lowest BCUT2D eigenvalue weighted by Gasteiger charge is -2.17. The van der Waals surface area contributed by atoms with E-state index in [1.165, 1.54) is 7.11 Å². The predicted molar refractivity (Wildman–Crippen MR) is 53.3 cm³/mol. The SMILES string of the molecule is COCc1nc(N)cc(OC(C)C(F)(F)F)n1. The predicted octanol–water partition coefficient (Wildman–Crippen LogP) is 1.53. The molecule has 0 aliphatic heterocycles. The minimum Gasteiger partial charge on any atom is -0.465 e. The van der Waals surface area contributed by atoms with Crippen LogP contribution in [-0.4, -0.2) is 29.4 Å². The number of alkyl halides is 3. The van der Waals surface area contributed by atoms with Crippen LogP contribution in [0.1, 0.15) is 12.7 Å². The molecule has 0 bridgehead atoms. The minimum absolute atomic E-state index is 0.0245. The van der Waals surface area contributed by atoms with Gasteiger partial charge >= 0.3 is 6.18 Å². The van der Waals surface area contributed by atoms with Gasteiger partial charge < -0.3 is 15.2 Å². The number of aromatic nitrogens is 2. The first-order valence-corrected chi connectivity index (χ1v) is 4.68. The van der Waals surface area contributed by atoms with Crippen LogP contribution in [0.3, 0.4) is 0 Å². The van der Waals surface area contributed by atoms with Crippen LogP contribution in [0.25, 0.3) is 0 Å². The molecular weight excluding hydrogens is 239 g/mol. The van der Waals surface area contributed by atoms with Crippen LogP contribution in [0, 0.1) is 0 Å². The second-order valence-electron chi connectivity index (χ2n) is 3.28. The molecule has 0 amide bonds. The number of nitrogens with two attached hydrogens (primary N) is 1. The van der Waals surface area contributed by atoms with E-state index in [9.17, 15) is 13.2 Å². The zero-order valence-corrected chi connectivity index (χ0v) is 9.28. The van der Waals surface area contributed by atoms with E-state index in [4.69, 9.17) is 10.5 Å². The van der Waals surface area contributed by atoms with Gasteiger partial charge in [-0.2, -0.15) is 18.2 Å². The monoisotopic (exact) mass is 251 g/mol. The van der Waals surface area contributed by atoms with Gasteiger partial charge in [0.1, 0.15) is 12.4 Å². The number of nitrogen functional groups attached to an aromatic ring is 1. The third kappa shape index (κ3) is 4.06. The third-order valence-electron chi connectivity index (χ3n) is 1.80. The molecule has 2 N–H and O–H groups in total. The Labute approximate surface area is 95.8 Å². The lowest BCUT2D eigenvalue weighted by molar-refractivity contribution is -0.190. The quantitative estimate of drug-likeness (QED) is 0.878. The van der Waals surface area contributed by atoms with Crippen molar-refractivity contribution in [1.29, 1.82) is 0 Å². The summed E-state index contributed by atoms with van der Waals surface area (Å²) in [5, 5.41) is 0. The van der Waals surface area contributed by atoms with E-state index in [-0.39, 0.29) is 24.1 Å². The molecule has 17 heavy (non-hydrogen) atoms. The van der Waals surface area contributed by atoms with E-state index < -0.39 is 12.3 Å². The number of methoxy groups -OCH3 is 1. The number of hydrogen-bond acceptors (Lipinski definition) is 5. The molecule has 1 aromatic heterocycles. The van der Waals surface area contributed by atoms with Gasteiger partial charge in [-0.25, -0.2) is 4.98 Å². The summed E-state index contributed by atoms with van der Waals surface area (Å²) in [7, 11) is 1.41. The number of ether oxygens (including phenoxy) is 2. The van der Waals surface area contributed by atoms with E-state index in [0.29, 0.717) is 0 Å². The number of rotatable bonds is 4. The highest BCUT2D eigenvalue weighted by molar-refractivity contribution is 5.32. The molecular formula is C9H12F3N3O2. The molecule has 1 aromatic rings. The summed E-state index contributed by atoms with van der Waals surface area (Å²) < 4.78 is 46.2. The van der Waals surface area contributed by atoms with Crippen LogP contribution in [0.2, 0.25) is 0 Å². The fraction of sp³-hybridized carbons (Fsp3) is 0.556. The summed E-state index contributed by atoms with van der Waals surface area (Å²) in [5.41, 5.74) is 5.41. The highest BCUT2D eigenvalue weighted by Crippen LogP contribution is 2.24. The van der Waals surface area contributed by atoms with Gasteiger partial charge in [0.2, 0.25) is 5.88 Å². The standard InChI is InChI=1S/C9H12F3N3O2/c1-5(9(10,11)12)17-8-3-6(13)14-7(15-8)4-16-2/h3,5H,4H2,1-2H3,(H2,13,14,15). The van der Waals surface area contributed by atoms with Crippen molar-refractivity contribution in [2.75, 3.05) is 12.8 Å². The molecule has 96 valence electrons. The first-order chi connectivity index (χ1) is 7.82. The lowest BCUT2D eigenvalue weighted by atomic mass is 10.4. The summed E-state index contributed by atoms with van der Waals surface area (Å²) >= 11 is 0. The van der Waals surface area contributed by atoms with Crippen molar-refractivity contribution in [3.05, 3.63) is 11.9 Å². The maximum atomic E-state index is 12.3. The van der Waals surface area contributed by atoms with Crippen LogP contribution in [0.5, 0.6) is 5.88 Å². The molecule has 1 atom stereocenters. The number of hydrogen-bond donors (Lipinski definition) is 1. The van der Waals surface area contributed by atoms with Crippen LogP contribution in [0.4, 0.5) is 19.0 Å².